The van der Waals surface area contributed by atoms with E-state index < -0.39 is 0 Å². The van der Waals surface area contributed by atoms with Crippen LogP contribution < -0.4 is 19.5 Å². The fourth-order valence-corrected chi connectivity index (χ4v) is 1.90. The molecule has 0 bridgehead atoms. The lowest BCUT2D eigenvalue weighted by molar-refractivity contribution is 0.341. The maximum atomic E-state index is 6.17. The van der Waals surface area contributed by atoms with E-state index in [4.69, 9.17) is 25.8 Å². The highest BCUT2D eigenvalue weighted by molar-refractivity contribution is 6.31. The molecular formula is C13H15ClN4O3. The fourth-order valence-electron chi connectivity index (χ4n) is 1.67. The molecule has 0 aliphatic heterocycles. The van der Waals surface area contributed by atoms with E-state index in [9.17, 15) is 0 Å². The summed E-state index contributed by atoms with van der Waals surface area (Å²) >= 11 is 6.17. The predicted octanol–water partition coefficient (Wildman–Crippen LogP) is 2.16. The van der Waals surface area contributed by atoms with Gasteiger partial charge in [-0.3, -0.25) is 0 Å². The summed E-state index contributed by atoms with van der Waals surface area (Å²) in [5.74, 6) is 1.00. The van der Waals surface area contributed by atoms with Crippen LogP contribution in [-0.2, 0) is 6.54 Å². The predicted molar refractivity (Wildman–Crippen MR) is 78.3 cm³/mol. The Balaban J connectivity index is 2.20. The number of hydrogen-bond acceptors (Lipinski definition) is 7. The molecule has 0 fully saturated rings. The Labute approximate surface area is 127 Å². The molecule has 0 aliphatic rings. The standard InChI is InChI=1S/C13H15ClN4O3/c1-19-10-6-4-5-9(14)8(10)7-15-11-16-12(20-2)18-13(17-11)21-3/h4-6H,7H2,1-3H3,(H,15,16,17,18). The van der Waals surface area contributed by atoms with Crippen molar-refractivity contribution in [2.75, 3.05) is 26.6 Å². The van der Waals surface area contributed by atoms with Crippen molar-refractivity contribution in [2.45, 2.75) is 6.54 Å². The van der Waals surface area contributed by atoms with Gasteiger partial charge in [0.25, 0.3) is 0 Å². The molecule has 0 atom stereocenters. The summed E-state index contributed by atoms with van der Waals surface area (Å²) in [6, 6.07) is 5.76. The minimum Gasteiger partial charge on any atom is -0.496 e. The maximum Gasteiger partial charge on any atom is 0.324 e. The number of hydrogen-bond donors (Lipinski definition) is 1. The van der Waals surface area contributed by atoms with Gasteiger partial charge in [0, 0.05) is 17.1 Å². The van der Waals surface area contributed by atoms with Gasteiger partial charge < -0.3 is 19.5 Å². The molecule has 1 heterocycles. The molecule has 2 rings (SSSR count). The Morgan fingerprint density at radius 3 is 2.24 bits per heavy atom. The second-order valence-electron chi connectivity index (χ2n) is 3.91. The largest absolute Gasteiger partial charge is 0.496 e. The van der Waals surface area contributed by atoms with E-state index in [2.05, 4.69) is 20.3 Å². The molecule has 21 heavy (non-hydrogen) atoms. The molecule has 0 radical (unpaired) electrons. The third-order valence-corrected chi connectivity index (χ3v) is 3.03. The third-order valence-electron chi connectivity index (χ3n) is 2.68. The number of rotatable bonds is 6. The number of benzene rings is 1. The molecule has 1 N–H and O–H groups in total. The van der Waals surface area contributed by atoms with E-state index in [1.165, 1.54) is 14.2 Å². The van der Waals surface area contributed by atoms with Gasteiger partial charge in [-0.25, -0.2) is 0 Å². The molecule has 1 aromatic carbocycles. The number of halogens is 1. The molecule has 0 saturated heterocycles. The lowest BCUT2D eigenvalue weighted by atomic mass is 10.2. The molecule has 1 aromatic heterocycles. The van der Waals surface area contributed by atoms with Crippen molar-refractivity contribution in [3.8, 4) is 17.8 Å². The van der Waals surface area contributed by atoms with E-state index in [-0.39, 0.29) is 12.0 Å². The van der Waals surface area contributed by atoms with Crippen molar-refractivity contribution < 1.29 is 14.2 Å². The van der Waals surface area contributed by atoms with Crippen LogP contribution in [0.15, 0.2) is 18.2 Å². The van der Waals surface area contributed by atoms with E-state index in [0.29, 0.717) is 23.3 Å². The molecular weight excluding hydrogens is 296 g/mol. The van der Waals surface area contributed by atoms with Gasteiger partial charge in [-0.15, -0.1) is 4.98 Å². The van der Waals surface area contributed by atoms with Gasteiger partial charge in [-0.05, 0) is 12.1 Å². The summed E-state index contributed by atoms with van der Waals surface area (Å²) in [6.07, 6.45) is 0. The normalized spacial score (nSPS) is 10.1. The molecule has 2 aromatic rings. The van der Waals surface area contributed by atoms with Gasteiger partial charge in [0.2, 0.25) is 5.95 Å². The van der Waals surface area contributed by atoms with Gasteiger partial charge >= 0.3 is 12.0 Å². The zero-order valence-electron chi connectivity index (χ0n) is 11.9. The van der Waals surface area contributed by atoms with Crippen LogP contribution in [-0.4, -0.2) is 36.3 Å². The van der Waals surface area contributed by atoms with Crippen LogP contribution in [0.3, 0.4) is 0 Å². The van der Waals surface area contributed by atoms with Crippen molar-refractivity contribution in [3.63, 3.8) is 0 Å². The Morgan fingerprint density at radius 1 is 1.00 bits per heavy atom. The summed E-state index contributed by atoms with van der Waals surface area (Å²) in [4.78, 5) is 12.1. The zero-order valence-corrected chi connectivity index (χ0v) is 12.6. The maximum absolute atomic E-state index is 6.17. The molecule has 0 amide bonds. The van der Waals surface area contributed by atoms with Crippen LogP contribution in [0.1, 0.15) is 5.56 Å². The van der Waals surface area contributed by atoms with Gasteiger partial charge in [-0.1, -0.05) is 17.7 Å². The fraction of sp³-hybridized carbons (Fsp3) is 0.308. The van der Waals surface area contributed by atoms with Gasteiger partial charge in [-0.2, -0.15) is 9.97 Å². The smallest absolute Gasteiger partial charge is 0.324 e. The van der Waals surface area contributed by atoms with E-state index in [1.54, 1.807) is 13.2 Å². The first-order valence-corrected chi connectivity index (χ1v) is 6.45. The monoisotopic (exact) mass is 310 g/mol. The average Bonchev–Trinajstić information content (AvgIpc) is 2.52. The molecule has 0 unspecified atom stereocenters. The highest BCUT2D eigenvalue weighted by Gasteiger charge is 2.10. The molecule has 7 nitrogen and oxygen atoms in total. The van der Waals surface area contributed by atoms with Crippen molar-refractivity contribution in [1.82, 2.24) is 15.0 Å². The molecule has 0 aliphatic carbocycles. The van der Waals surface area contributed by atoms with Crippen LogP contribution in [0.5, 0.6) is 17.8 Å². The number of methoxy groups -OCH3 is 3. The topological polar surface area (TPSA) is 78.4 Å². The van der Waals surface area contributed by atoms with Crippen LogP contribution in [0, 0.1) is 0 Å². The Morgan fingerprint density at radius 2 is 1.67 bits per heavy atom. The zero-order chi connectivity index (χ0) is 15.2. The first-order chi connectivity index (χ1) is 10.2. The second-order valence-corrected chi connectivity index (χ2v) is 4.31. The lowest BCUT2D eigenvalue weighted by Gasteiger charge is -2.11. The SMILES string of the molecule is COc1nc(NCc2c(Cl)cccc2OC)nc(OC)n1. The summed E-state index contributed by atoms with van der Waals surface area (Å²) < 4.78 is 15.2. The van der Waals surface area contributed by atoms with Crippen molar-refractivity contribution in [2.24, 2.45) is 0 Å². The van der Waals surface area contributed by atoms with E-state index in [1.807, 2.05) is 12.1 Å². The van der Waals surface area contributed by atoms with Crippen molar-refractivity contribution in [1.29, 1.82) is 0 Å². The average molecular weight is 311 g/mol. The van der Waals surface area contributed by atoms with Gasteiger partial charge in [0.15, 0.2) is 0 Å². The first-order valence-electron chi connectivity index (χ1n) is 6.07. The van der Waals surface area contributed by atoms with Gasteiger partial charge in [0.05, 0.1) is 21.3 Å². The summed E-state index contributed by atoms with van der Waals surface area (Å²) in [5, 5.41) is 3.63. The second kappa shape index (κ2) is 6.94. The number of nitrogens with zero attached hydrogens (tertiary/aromatic N) is 3. The Kier molecular flexibility index (Phi) is 4.99. The van der Waals surface area contributed by atoms with Crippen LogP contribution in [0.25, 0.3) is 0 Å². The van der Waals surface area contributed by atoms with Crippen LogP contribution in [0.2, 0.25) is 5.02 Å². The first kappa shape index (κ1) is 15.1. The van der Waals surface area contributed by atoms with Crippen LogP contribution >= 0.6 is 11.6 Å². The summed E-state index contributed by atoms with van der Waals surface area (Å²) in [5.41, 5.74) is 0.806. The number of ether oxygens (including phenoxy) is 3. The minimum atomic E-state index is 0.162. The molecule has 8 heteroatoms. The summed E-state index contributed by atoms with van der Waals surface area (Å²) in [6.45, 7) is 0.388. The number of nitrogens with one attached hydrogen (secondary N) is 1. The van der Waals surface area contributed by atoms with E-state index >= 15 is 0 Å². The van der Waals surface area contributed by atoms with Gasteiger partial charge in [0.1, 0.15) is 5.75 Å². The van der Waals surface area contributed by atoms with Crippen molar-refractivity contribution >= 4 is 17.5 Å². The quantitative estimate of drug-likeness (QED) is 0.876. The molecule has 0 spiro atoms. The Hall–Kier alpha value is -2.28. The minimum absolute atomic E-state index is 0.162. The van der Waals surface area contributed by atoms with E-state index in [0.717, 1.165) is 5.56 Å². The van der Waals surface area contributed by atoms with Crippen molar-refractivity contribution in [3.05, 3.63) is 28.8 Å². The highest BCUT2D eigenvalue weighted by atomic mass is 35.5. The number of anilines is 1. The number of aromatic nitrogens is 3. The Bertz CT molecular complexity index is 602. The van der Waals surface area contributed by atoms with Crippen LogP contribution in [0.4, 0.5) is 5.95 Å². The molecule has 112 valence electrons. The molecule has 0 saturated carbocycles. The summed E-state index contributed by atoms with van der Waals surface area (Å²) in [7, 11) is 4.52. The lowest BCUT2D eigenvalue weighted by Crippen LogP contribution is -2.08. The highest BCUT2D eigenvalue weighted by Crippen LogP contribution is 2.26. The third kappa shape index (κ3) is 3.63.